The second-order valence-electron chi connectivity index (χ2n) is 5.26. The number of hydrazine groups is 1. The molecule has 9 nitrogen and oxygen atoms in total. The first-order chi connectivity index (χ1) is 10.9. The topological polar surface area (TPSA) is 129 Å². The summed E-state index contributed by atoms with van der Waals surface area (Å²) in [6, 6.07) is 7.11. The van der Waals surface area contributed by atoms with Gasteiger partial charge in [-0.3, -0.25) is 20.6 Å². The van der Waals surface area contributed by atoms with Gasteiger partial charge >= 0.3 is 0 Å². The van der Waals surface area contributed by atoms with Crippen LogP contribution in [0.3, 0.4) is 0 Å². The minimum Gasteiger partial charge on any atom is -0.282 e. The number of nitrogens with zero attached hydrogens (tertiary/aromatic N) is 6. The van der Waals surface area contributed by atoms with E-state index in [2.05, 4.69) is 35.8 Å². The van der Waals surface area contributed by atoms with Crippen LogP contribution in [0.1, 0.15) is 19.5 Å². The second kappa shape index (κ2) is 6.71. The van der Waals surface area contributed by atoms with Gasteiger partial charge in [-0.1, -0.05) is 11.2 Å². The molecule has 0 spiro atoms. The summed E-state index contributed by atoms with van der Waals surface area (Å²) in [6.07, 6.45) is 1.65. The van der Waals surface area contributed by atoms with Crippen molar-refractivity contribution in [1.29, 1.82) is 0 Å². The first-order valence-electron chi connectivity index (χ1n) is 6.82. The minimum atomic E-state index is -1.21. The summed E-state index contributed by atoms with van der Waals surface area (Å²) in [4.78, 5) is 27.4. The predicted octanol–water partition coefficient (Wildman–Crippen LogP) is 2.38. The van der Waals surface area contributed by atoms with Crippen LogP contribution >= 0.6 is 0 Å². The molecule has 0 unspecified atom stereocenters. The molecule has 2 N–H and O–H groups in total. The van der Waals surface area contributed by atoms with Crippen LogP contribution in [0.4, 0.5) is 5.82 Å². The van der Waals surface area contributed by atoms with E-state index < -0.39 is 11.4 Å². The van der Waals surface area contributed by atoms with Gasteiger partial charge in [0, 0.05) is 22.9 Å². The monoisotopic (exact) mass is 312 g/mol. The first-order valence-corrected chi connectivity index (χ1v) is 6.82. The molecule has 0 atom stereocenters. The van der Waals surface area contributed by atoms with Crippen LogP contribution in [0.25, 0.3) is 22.0 Å². The number of hydrogen-bond donors (Lipinski definition) is 2. The molecule has 9 heteroatoms. The SMILES string of the molecule is Cc1cc(NNC(=O)C(C)(C)N=[N+]=[N-])nc(-c2ccccn2)n1. The van der Waals surface area contributed by atoms with Gasteiger partial charge in [-0.15, -0.1) is 0 Å². The van der Waals surface area contributed by atoms with E-state index in [4.69, 9.17) is 5.53 Å². The van der Waals surface area contributed by atoms with Crippen molar-refractivity contribution < 1.29 is 4.79 Å². The normalized spacial score (nSPS) is 10.6. The van der Waals surface area contributed by atoms with E-state index in [0.717, 1.165) is 0 Å². The van der Waals surface area contributed by atoms with Crippen molar-refractivity contribution in [1.82, 2.24) is 20.4 Å². The number of hydrogen-bond acceptors (Lipinski definition) is 6. The Kier molecular flexibility index (Phi) is 4.72. The van der Waals surface area contributed by atoms with Crippen LogP contribution in [0.15, 0.2) is 35.6 Å². The Labute approximate surface area is 132 Å². The number of rotatable bonds is 5. The number of nitrogens with one attached hydrogen (secondary N) is 2. The molecule has 0 aliphatic rings. The van der Waals surface area contributed by atoms with Gasteiger partial charge in [0.1, 0.15) is 17.1 Å². The minimum absolute atomic E-state index is 0.406. The maximum Gasteiger partial charge on any atom is 0.249 e. The van der Waals surface area contributed by atoms with Crippen molar-refractivity contribution in [2.24, 2.45) is 5.11 Å². The molecule has 2 aromatic rings. The van der Waals surface area contributed by atoms with E-state index in [1.165, 1.54) is 13.8 Å². The van der Waals surface area contributed by atoms with E-state index in [1.54, 1.807) is 24.4 Å². The fourth-order valence-corrected chi connectivity index (χ4v) is 1.67. The Balaban J connectivity index is 2.17. The fraction of sp³-hybridized carbons (Fsp3) is 0.286. The number of aromatic nitrogens is 3. The van der Waals surface area contributed by atoms with Gasteiger partial charge < -0.3 is 0 Å². The molecule has 0 fully saturated rings. The third kappa shape index (κ3) is 4.14. The largest absolute Gasteiger partial charge is 0.282 e. The Bertz CT molecular complexity index is 753. The molecule has 0 saturated carbocycles. The molecule has 23 heavy (non-hydrogen) atoms. The zero-order chi connectivity index (χ0) is 16.9. The molecule has 118 valence electrons. The van der Waals surface area contributed by atoms with E-state index in [1.807, 2.05) is 13.0 Å². The summed E-state index contributed by atoms with van der Waals surface area (Å²) in [5.41, 5.74) is 13.8. The summed E-state index contributed by atoms with van der Waals surface area (Å²) in [6.45, 7) is 4.83. The van der Waals surface area contributed by atoms with Crippen LogP contribution in [-0.2, 0) is 4.79 Å². The van der Waals surface area contributed by atoms with Gasteiger partial charge in [-0.05, 0) is 38.4 Å². The number of carbonyl (C=O) groups excluding carboxylic acids is 1. The molecular formula is C14H16N8O. The molecule has 0 saturated heterocycles. The van der Waals surface area contributed by atoms with Crippen LogP contribution in [0.5, 0.6) is 0 Å². The van der Waals surface area contributed by atoms with Gasteiger partial charge in [-0.25, -0.2) is 9.97 Å². The summed E-state index contributed by atoms with van der Waals surface area (Å²) >= 11 is 0. The van der Waals surface area contributed by atoms with Crippen molar-refractivity contribution in [2.45, 2.75) is 26.3 Å². The number of pyridine rings is 1. The zero-order valence-corrected chi connectivity index (χ0v) is 13.0. The van der Waals surface area contributed by atoms with Gasteiger partial charge in [0.15, 0.2) is 5.82 Å². The molecule has 0 aliphatic heterocycles. The average Bonchev–Trinajstić information content (AvgIpc) is 2.53. The number of anilines is 1. The molecule has 0 radical (unpaired) electrons. The second-order valence-corrected chi connectivity index (χ2v) is 5.26. The van der Waals surface area contributed by atoms with Crippen molar-refractivity contribution in [3.8, 4) is 11.5 Å². The average molecular weight is 312 g/mol. The molecule has 2 aromatic heterocycles. The van der Waals surface area contributed by atoms with Crippen molar-refractivity contribution in [3.63, 3.8) is 0 Å². The number of carbonyl (C=O) groups is 1. The Morgan fingerprint density at radius 2 is 2.13 bits per heavy atom. The van der Waals surface area contributed by atoms with Crippen LogP contribution in [-0.4, -0.2) is 26.4 Å². The van der Waals surface area contributed by atoms with E-state index in [-0.39, 0.29) is 0 Å². The lowest BCUT2D eigenvalue weighted by Crippen LogP contribution is -2.43. The molecule has 0 aromatic carbocycles. The summed E-state index contributed by atoms with van der Waals surface area (Å²) in [5, 5.41) is 3.44. The van der Waals surface area contributed by atoms with Crippen LogP contribution in [0.2, 0.25) is 0 Å². The predicted molar refractivity (Wildman–Crippen MR) is 85.0 cm³/mol. The lowest BCUT2D eigenvalue weighted by molar-refractivity contribution is -0.124. The maximum absolute atomic E-state index is 12.0. The highest BCUT2D eigenvalue weighted by atomic mass is 16.2. The standard InChI is InChI=1S/C14H16N8O/c1-9-8-11(19-20-13(23)14(2,3)21-22-15)18-12(17-9)10-6-4-5-7-16-10/h4-8H,1-3H3,(H,20,23)(H,17,18,19). The third-order valence-electron chi connectivity index (χ3n) is 2.90. The van der Waals surface area contributed by atoms with Crippen molar-refractivity contribution in [3.05, 3.63) is 46.6 Å². The van der Waals surface area contributed by atoms with Gasteiger partial charge in [0.25, 0.3) is 0 Å². The summed E-state index contributed by atoms with van der Waals surface area (Å²) < 4.78 is 0. The van der Waals surface area contributed by atoms with Crippen LogP contribution < -0.4 is 10.9 Å². The van der Waals surface area contributed by atoms with E-state index >= 15 is 0 Å². The lowest BCUT2D eigenvalue weighted by atomic mass is 10.1. The molecule has 0 aliphatic carbocycles. The maximum atomic E-state index is 12.0. The Hall–Kier alpha value is -3.19. The lowest BCUT2D eigenvalue weighted by Gasteiger charge is -2.18. The van der Waals surface area contributed by atoms with Crippen molar-refractivity contribution >= 4 is 11.7 Å². The van der Waals surface area contributed by atoms with Gasteiger partial charge in [0.05, 0.1) is 0 Å². The van der Waals surface area contributed by atoms with Gasteiger partial charge in [0.2, 0.25) is 5.91 Å². The Morgan fingerprint density at radius 1 is 1.35 bits per heavy atom. The highest BCUT2D eigenvalue weighted by Crippen LogP contribution is 2.15. The number of azide groups is 1. The molecule has 2 rings (SSSR count). The zero-order valence-electron chi connectivity index (χ0n) is 13.0. The highest BCUT2D eigenvalue weighted by molar-refractivity contribution is 5.86. The van der Waals surface area contributed by atoms with E-state index in [9.17, 15) is 4.79 Å². The number of amides is 1. The quantitative estimate of drug-likeness (QED) is 0.379. The fourth-order valence-electron chi connectivity index (χ4n) is 1.67. The molecule has 0 bridgehead atoms. The summed E-state index contributed by atoms with van der Waals surface area (Å²) in [7, 11) is 0. The van der Waals surface area contributed by atoms with E-state index in [0.29, 0.717) is 23.0 Å². The highest BCUT2D eigenvalue weighted by Gasteiger charge is 2.26. The molecule has 1 amide bonds. The number of aryl methyl sites for hydroxylation is 1. The van der Waals surface area contributed by atoms with Crippen molar-refractivity contribution in [2.75, 3.05) is 5.43 Å². The Morgan fingerprint density at radius 3 is 2.78 bits per heavy atom. The molecule has 2 heterocycles. The molecular weight excluding hydrogens is 296 g/mol. The smallest absolute Gasteiger partial charge is 0.249 e. The van der Waals surface area contributed by atoms with Crippen LogP contribution in [0, 0.1) is 6.92 Å². The third-order valence-corrected chi connectivity index (χ3v) is 2.90. The summed E-state index contributed by atoms with van der Waals surface area (Å²) in [5.74, 6) is 0.367. The first kappa shape index (κ1) is 16.2. The van der Waals surface area contributed by atoms with Gasteiger partial charge in [-0.2, -0.15) is 0 Å².